The van der Waals surface area contributed by atoms with Gasteiger partial charge in [-0.05, 0) is 92.5 Å². The minimum absolute atomic E-state index is 0.0751. The molecule has 1 unspecified atom stereocenters. The largest absolute Gasteiger partial charge is 0.405 e. The summed E-state index contributed by atoms with van der Waals surface area (Å²) in [7, 11) is 6.33. The summed E-state index contributed by atoms with van der Waals surface area (Å²) in [5.74, 6) is 1.08. The van der Waals surface area contributed by atoms with E-state index in [0.29, 0.717) is 18.2 Å². The van der Waals surface area contributed by atoms with Gasteiger partial charge in [-0.2, -0.15) is 0 Å². The van der Waals surface area contributed by atoms with Gasteiger partial charge in [-0.3, -0.25) is 9.98 Å². The fraction of sp³-hybridized carbons (Fsp3) is 0.0556. The van der Waals surface area contributed by atoms with E-state index in [1.165, 1.54) is 62.4 Å². The zero-order valence-electron chi connectivity index (χ0n) is 33.6. The number of thiophene rings is 2. The highest BCUT2D eigenvalue weighted by molar-refractivity contribution is 7.26. The quantitative estimate of drug-likeness (QED) is 0.0908. The molecule has 0 bridgehead atoms. The van der Waals surface area contributed by atoms with Crippen molar-refractivity contribution in [2.24, 2.45) is 21.5 Å². The summed E-state index contributed by atoms with van der Waals surface area (Å²) in [4.78, 5) is 16.0. The highest BCUT2D eigenvalue weighted by Gasteiger charge is 2.26. The lowest BCUT2D eigenvalue weighted by Gasteiger charge is -2.17. The minimum Gasteiger partial charge on any atom is -0.405 e. The molecule has 11 rings (SSSR count). The van der Waals surface area contributed by atoms with Crippen LogP contribution in [0.1, 0.15) is 44.2 Å². The summed E-state index contributed by atoms with van der Waals surface area (Å²) in [6.45, 7) is 0.458. The molecule has 0 fully saturated rings. The fourth-order valence-electron chi connectivity index (χ4n) is 8.92. The molecule has 8 heteroatoms. The Labute approximate surface area is 368 Å². The van der Waals surface area contributed by atoms with Crippen molar-refractivity contribution in [2.45, 2.75) is 18.9 Å². The highest BCUT2D eigenvalue weighted by Crippen LogP contribution is 2.45. The third kappa shape index (κ3) is 6.78. The molecule has 294 valence electrons. The number of allylic oxidation sites excluding steroid dienone is 1. The van der Waals surface area contributed by atoms with Crippen LogP contribution in [0.4, 0.5) is 0 Å². The second kappa shape index (κ2) is 15.7. The lowest BCUT2D eigenvalue weighted by Crippen LogP contribution is -2.16. The predicted molar refractivity (Wildman–Crippen MR) is 267 cm³/mol. The smallest absolute Gasteiger partial charge is 0.157 e. The molecule has 10 aromatic rings. The van der Waals surface area contributed by atoms with E-state index >= 15 is 0 Å². The summed E-state index contributed by atoms with van der Waals surface area (Å²) >= 11 is 3.63. The number of benzene rings is 7. The predicted octanol–water partition coefficient (Wildman–Crippen LogP) is 12.1. The van der Waals surface area contributed by atoms with Crippen molar-refractivity contribution in [3.63, 3.8) is 0 Å². The van der Waals surface area contributed by atoms with Gasteiger partial charge in [-0.15, -0.1) is 22.7 Å². The number of nitrogens with two attached hydrogens (primary N) is 2. The number of aliphatic imine (C=N–C) groups is 2. The van der Waals surface area contributed by atoms with Gasteiger partial charge in [-0.1, -0.05) is 133 Å². The number of fused-ring (bicyclic) bond motifs is 9. The van der Waals surface area contributed by atoms with E-state index < -0.39 is 0 Å². The molecule has 0 saturated heterocycles. The van der Waals surface area contributed by atoms with Gasteiger partial charge in [0, 0.05) is 65.3 Å². The van der Waals surface area contributed by atoms with E-state index in [0.717, 1.165) is 50.7 Å². The molecule has 7 aromatic carbocycles. The monoisotopic (exact) mass is 831 g/mol. The Morgan fingerprint density at radius 1 is 0.726 bits per heavy atom. The lowest BCUT2D eigenvalue weighted by atomic mass is 9.88. The average Bonchev–Trinajstić information content (AvgIpc) is 4.01. The van der Waals surface area contributed by atoms with Gasteiger partial charge in [0.1, 0.15) is 13.7 Å². The zero-order valence-corrected chi connectivity index (χ0v) is 35.3. The summed E-state index contributed by atoms with van der Waals surface area (Å²) < 4.78 is 3.66. The Kier molecular flexibility index (Phi) is 9.60. The van der Waals surface area contributed by atoms with E-state index in [4.69, 9.17) is 29.3 Å². The van der Waals surface area contributed by atoms with Crippen LogP contribution < -0.4 is 16.9 Å². The van der Waals surface area contributed by atoms with Gasteiger partial charge >= 0.3 is 0 Å². The molecular weight excluding hydrogens is 794 g/mol. The van der Waals surface area contributed by atoms with Crippen LogP contribution in [0.25, 0.3) is 75.1 Å². The van der Waals surface area contributed by atoms with Crippen molar-refractivity contribution in [1.29, 1.82) is 0 Å². The number of hydrogen-bond acceptors (Lipinski definition) is 5. The Morgan fingerprint density at radius 3 is 2.29 bits per heavy atom. The number of nitrogens with zero attached hydrogens (tertiary/aromatic N) is 3. The molecule has 1 atom stereocenters. The normalized spacial score (nSPS) is 14.4. The van der Waals surface area contributed by atoms with Crippen LogP contribution in [-0.4, -0.2) is 24.5 Å². The number of rotatable bonds is 8. The van der Waals surface area contributed by atoms with E-state index in [1.54, 1.807) is 17.5 Å². The Morgan fingerprint density at radius 2 is 1.47 bits per heavy atom. The fourth-order valence-corrected chi connectivity index (χ4v) is 11.5. The first kappa shape index (κ1) is 37.8. The van der Waals surface area contributed by atoms with E-state index in [1.807, 2.05) is 84.4 Å². The van der Waals surface area contributed by atoms with E-state index in [-0.39, 0.29) is 5.92 Å². The topological polar surface area (TPSA) is 89.6 Å². The number of aromatic nitrogens is 1. The first-order chi connectivity index (χ1) is 30.5. The van der Waals surface area contributed by atoms with Crippen molar-refractivity contribution >= 4 is 112 Å². The molecule has 4 N–H and O–H groups in total. The van der Waals surface area contributed by atoms with Gasteiger partial charge in [-0.25, -0.2) is 4.99 Å². The number of hydrogen-bond donors (Lipinski definition) is 2. The van der Waals surface area contributed by atoms with Crippen LogP contribution >= 0.6 is 22.7 Å². The number of pyridine rings is 1. The molecule has 0 spiro atoms. The van der Waals surface area contributed by atoms with Crippen molar-refractivity contribution in [3.05, 3.63) is 202 Å². The maximum Gasteiger partial charge on any atom is 0.157 e. The van der Waals surface area contributed by atoms with Gasteiger partial charge < -0.3 is 11.5 Å². The van der Waals surface area contributed by atoms with Crippen LogP contribution in [0.3, 0.4) is 0 Å². The molecule has 2 radical (unpaired) electrons. The number of amidine groups is 2. The Hall–Kier alpha value is -7.13. The molecule has 1 aliphatic carbocycles. The van der Waals surface area contributed by atoms with Crippen LogP contribution in [0.5, 0.6) is 0 Å². The van der Waals surface area contributed by atoms with Crippen LogP contribution in [-0.2, 0) is 13.0 Å². The van der Waals surface area contributed by atoms with Crippen LogP contribution in [0.2, 0.25) is 0 Å². The van der Waals surface area contributed by atoms with Crippen molar-refractivity contribution in [3.8, 4) is 11.1 Å². The first-order valence-electron chi connectivity index (χ1n) is 20.6. The maximum absolute atomic E-state index is 6.80. The van der Waals surface area contributed by atoms with Crippen molar-refractivity contribution in [1.82, 2.24) is 4.98 Å². The molecule has 1 aliphatic rings. The molecule has 0 amide bonds. The van der Waals surface area contributed by atoms with E-state index in [2.05, 4.69) is 102 Å². The van der Waals surface area contributed by atoms with E-state index in [9.17, 15) is 0 Å². The highest BCUT2D eigenvalue weighted by atomic mass is 32.1. The molecule has 62 heavy (non-hydrogen) atoms. The van der Waals surface area contributed by atoms with Crippen molar-refractivity contribution < 1.29 is 0 Å². The summed E-state index contributed by atoms with van der Waals surface area (Å²) in [5.41, 5.74) is 22.4. The molecule has 3 aromatic heterocycles. The Balaban J connectivity index is 1.11. The molecule has 0 aliphatic heterocycles. The molecular formula is C54H38BN5S2. The van der Waals surface area contributed by atoms with Crippen molar-refractivity contribution in [2.75, 3.05) is 0 Å². The summed E-state index contributed by atoms with van der Waals surface area (Å²) in [5, 5.41) is 8.41. The SMILES string of the molecule is [B]c1ccc2ccc3c(/C=C\N)c(CC4C=Cc5c(-c6ccc7ccc8c9ccncc9sc8c7c6)cc(C(N=C(N)c6ccccc6)=NCc6ccccc6)cc54)sc3c2c1. The maximum atomic E-state index is 6.80. The van der Waals surface area contributed by atoms with Crippen LogP contribution in [0.15, 0.2) is 174 Å². The van der Waals surface area contributed by atoms with Gasteiger partial charge in [0.15, 0.2) is 5.84 Å². The Bertz CT molecular complexity index is 3510. The molecule has 5 nitrogen and oxygen atoms in total. The third-order valence-corrected chi connectivity index (χ3v) is 14.4. The molecule has 0 saturated carbocycles. The van der Waals surface area contributed by atoms with Gasteiger partial charge in [0.05, 0.1) is 11.2 Å². The molecule has 3 heterocycles. The second-order valence-electron chi connectivity index (χ2n) is 15.8. The first-order valence-corrected chi connectivity index (χ1v) is 22.3. The summed E-state index contributed by atoms with van der Waals surface area (Å²) in [6, 6.07) is 48.7. The summed E-state index contributed by atoms with van der Waals surface area (Å²) in [6.07, 6.45) is 13.0. The zero-order chi connectivity index (χ0) is 41.7. The van der Waals surface area contributed by atoms with Gasteiger partial charge in [0.25, 0.3) is 0 Å². The minimum atomic E-state index is 0.0751. The lowest BCUT2D eigenvalue weighted by molar-refractivity contribution is 0.863. The standard InChI is InChI=1S/C54H38BN5S2/c55-39-17-13-34-15-19-43-41(21-23-56)49(61-52(43)48(34)29-39)28-37-16-18-40-45(36-12-11-33-14-20-44-42-22-24-58-31-50(42)62-51(44)47(33)25-36)26-38(27-46(37)40)54(59-30-32-7-3-1-4-8-32)60-53(57)35-9-5-2-6-10-35/h1-27,29,31,37H,28,30,56H2,(H2,57,59,60)/b23-21-. The van der Waals surface area contributed by atoms with Gasteiger partial charge in [0.2, 0.25) is 0 Å². The average molecular weight is 832 g/mol. The van der Waals surface area contributed by atoms with Crippen LogP contribution in [0, 0.1) is 0 Å². The second-order valence-corrected chi connectivity index (χ2v) is 17.9. The third-order valence-electron chi connectivity index (χ3n) is 12.0.